The van der Waals surface area contributed by atoms with Gasteiger partial charge in [-0.1, -0.05) is 29.8 Å². The molecule has 30 heavy (non-hydrogen) atoms. The minimum atomic E-state index is -0.924. The average molecular weight is 442 g/mol. The molecule has 2 aromatic carbocycles. The van der Waals surface area contributed by atoms with Gasteiger partial charge in [-0.05, 0) is 62.1 Å². The highest BCUT2D eigenvalue weighted by Gasteiger charge is 2.10. The van der Waals surface area contributed by atoms with E-state index in [4.69, 9.17) is 11.6 Å². The normalized spacial score (nSPS) is 12.0. The van der Waals surface area contributed by atoms with Gasteiger partial charge in [0.05, 0.1) is 10.7 Å². The van der Waals surface area contributed by atoms with Crippen molar-refractivity contribution in [3.63, 3.8) is 0 Å². The Balaban J connectivity index is 1.66. The Labute approximate surface area is 184 Å². The number of nitrogens with one attached hydrogen (secondary N) is 1. The number of nitrogens with zero attached hydrogens (tertiary/aromatic N) is 2. The van der Waals surface area contributed by atoms with Gasteiger partial charge in [0, 0.05) is 51.9 Å². The van der Waals surface area contributed by atoms with E-state index in [0.717, 1.165) is 23.4 Å². The molecule has 1 heterocycles. The minimum absolute atomic E-state index is 0.218. The largest absolute Gasteiger partial charge is 0.322 e. The van der Waals surface area contributed by atoms with Crippen LogP contribution in [0.15, 0.2) is 66.9 Å². The zero-order chi connectivity index (χ0) is 21.5. The number of hydrogen-bond donors (Lipinski definition) is 1. The summed E-state index contributed by atoms with van der Waals surface area (Å²) in [5.74, 6) is 0.898. The predicted octanol–water partition coefficient (Wildman–Crippen LogP) is 4.46. The van der Waals surface area contributed by atoms with E-state index in [9.17, 15) is 9.00 Å². The maximum atomic E-state index is 12.6. The molecule has 1 atom stereocenters. The van der Waals surface area contributed by atoms with Crippen molar-refractivity contribution in [2.24, 2.45) is 0 Å². The molecule has 0 radical (unpaired) electrons. The van der Waals surface area contributed by atoms with Crippen LogP contribution in [0.2, 0.25) is 5.02 Å². The molecule has 0 aliphatic rings. The van der Waals surface area contributed by atoms with Crippen molar-refractivity contribution >= 4 is 34.0 Å². The van der Waals surface area contributed by atoms with Crippen LogP contribution in [0.4, 0.5) is 5.69 Å². The van der Waals surface area contributed by atoms with E-state index in [0.29, 0.717) is 27.8 Å². The maximum Gasteiger partial charge on any atom is 0.255 e. The fraction of sp³-hybridized carbons (Fsp3) is 0.217. The number of pyridine rings is 1. The van der Waals surface area contributed by atoms with Gasteiger partial charge in [-0.25, -0.2) is 0 Å². The Morgan fingerprint density at radius 2 is 1.87 bits per heavy atom. The first-order chi connectivity index (χ1) is 14.4. The molecular formula is C23H24ClN3O2S. The first-order valence-electron chi connectivity index (χ1n) is 9.53. The number of anilines is 1. The molecule has 3 aromatic rings. The summed E-state index contributed by atoms with van der Waals surface area (Å²) in [5.41, 5.74) is 3.62. The lowest BCUT2D eigenvalue weighted by Gasteiger charge is -2.10. The second-order valence-electron chi connectivity index (χ2n) is 7.15. The minimum Gasteiger partial charge on any atom is -0.322 e. The molecular weight excluding hydrogens is 418 g/mol. The van der Waals surface area contributed by atoms with E-state index in [1.165, 1.54) is 0 Å². The highest BCUT2D eigenvalue weighted by atomic mass is 35.5. The van der Waals surface area contributed by atoms with Crippen molar-refractivity contribution in [3.8, 4) is 11.3 Å². The lowest BCUT2D eigenvalue weighted by molar-refractivity contribution is 0.102. The zero-order valence-corrected chi connectivity index (χ0v) is 18.5. The summed E-state index contributed by atoms with van der Waals surface area (Å²) in [6, 6.07) is 18.1. The monoisotopic (exact) mass is 441 g/mol. The molecule has 1 aromatic heterocycles. The summed E-state index contributed by atoms with van der Waals surface area (Å²) in [6.45, 7) is 0.786. The third-order valence-electron chi connectivity index (χ3n) is 4.48. The predicted molar refractivity (Wildman–Crippen MR) is 124 cm³/mol. The maximum absolute atomic E-state index is 12.6. The molecule has 156 valence electrons. The van der Waals surface area contributed by atoms with Gasteiger partial charge in [-0.3, -0.25) is 14.0 Å². The van der Waals surface area contributed by atoms with Crippen molar-refractivity contribution in [2.45, 2.75) is 5.75 Å². The summed E-state index contributed by atoms with van der Waals surface area (Å²) in [7, 11) is 3.00. The molecule has 0 aliphatic heterocycles. The van der Waals surface area contributed by atoms with Crippen molar-refractivity contribution in [1.82, 2.24) is 9.88 Å². The molecule has 0 saturated carbocycles. The SMILES string of the molecule is CN(C)CCS(=O)Cc1ccc(C(=O)Nc2ccc(Cl)c(-c3ccccn3)c2)cc1. The van der Waals surface area contributed by atoms with E-state index in [1.807, 2.05) is 55.4 Å². The Morgan fingerprint density at radius 1 is 1.10 bits per heavy atom. The van der Waals surface area contributed by atoms with Crippen molar-refractivity contribution < 1.29 is 9.00 Å². The molecule has 0 fully saturated rings. The Kier molecular flexibility index (Phi) is 7.74. The van der Waals surface area contributed by atoms with Gasteiger partial charge >= 0.3 is 0 Å². The quantitative estimate of drug-likeness (QED) is 0.560. The van der Waals surface area contributed by atoms with Gasteiger partial charge in [0.25, 0.3) is 5.91 Å². The molecule has 7 heteroatoms. The first kappa shape index (κ1) is 22.2. The summed E-state index contributed by atoms with van der Waals surface area (Å²) in [6.07, 6.45) is 1.70. The van der Waals surface area contributed by atoms with Crippen LogP contribution in [0, 0.1) is 0 Å². The molecule has 0 aliphatic carbocycles. The lowest BCUT2D eigenvalue weighted by Crippen LogP contribution is -2.19. The van der Waals surface area contributed by atoms with Gasteiger partial charge in [-0.2, -0.15) is 0 Å². The van der Waals surface area contributed by atoms with Gasteiger partial charge in [-0.15, -0.1) is 0 Å². The fourth-order valence-corrected chi connectivity index (χ4v) is 4.31. The number of carbonyl (C=O) groups is 1. The third-order valence-corrected chi connectivity index (χ3v) is 6.10. The van der Waals surface area contributed by atoms with Gasteiger partial charge in [0.2, 0.25) is 0 Å². The van der Waals surface area contributed by atoms with Crippen molar-refractivity contribution in [1.29, 1.82) is 0 Å². The standard InChI is InChI=1S/C23H24ClN3O2S/c1-27(2)13-14-30(29)16-17-6-8-18(9-7-17)23(28)26-19-10-11-21(24)20(15-19)22-5-3-4-12-25-22/h3-12,15H,13-14,16H2,1-2H3,(H,26,28). The average Bonchev–Trinajstić information content (AvgIpc) is 2.74. The molecule has 0 bridgehead atoms. The number of carbonyl (C=O) groups excluding carboxylic acids is 1. The molecule has 5 nitrogen and oxygen atoms in total. The first-order valence-corrected chi connectivity index (χ1v) is 11.4. The zero-order valence-electron chi connectivity index (χ0n) is 17.0. The second-order valence-corrected chi connectivity index (χ2v) is 9.14. The highest BCUT2D eigenvalue weighted by molar-refractivity contribution is 7.84. The molecule has 1 N–H and O–H groups in total. The molecule has 0 spiro atoms. The van der Waals surface area contributed by atoms with E-state index in [2.05, 4.69) is 10.3 Å². The molecule has 0 saturated heterocycles. The van der Waals surface area contributed by atoms with Crippen LogP contribution in [0.25, 0.3) is 11.3 Å². The molecule has 1 amide bonds. The smallest absolute Gasteiger partial charge is 0.255 e. The van der Waals surface area contributed by atoms with Crippen LogP contribution < -0.4 is 5.32 Å². The summed E-state index contributed by atoms with van der Waals surface area (Å²) in [5, 5.41) is 3.47. The lowest BCUT2D eigenvalue weighted by atomic mass is 10.1. The van der Waals surface area contributed by atoms with Crippen LogP contribution in [0.1, 0.15) is 15.9 Å². The van der Waals surface area contributed by atoms with Crippen LogP contribution in [-0.2, 0) is 16.6 Å². The van der Waals surface area contributed by atoms with E-state index in [1.54, 1.807) is 30.5 Å². The van der Waals surface area contributed by atoms with Gasteiger partial charge < -0.3 is 10.2 Å². The molecule has 3 rings (SSSR count). The Morgan fingerprint density at radius 3 is 2.53 bits per heavy atom. The number of benzene rings is 2. The number of halogens is 1. The van der Waals surface area contributed by atoms with Crippen LogP contribution in [-0.4, -0.2) is 46.4 Å². The van der Waals surface area contributed by atoms with Crippen molar-refractivity contribution in [2.75, 3.05) is 31.7 Å². The molecule has 1 unspecified atom stereocenters. The number of amides is 1. The van der Waals surface area contributed by atoms with E-state index in [-0.39, 0.29) is 5.91 Å². The number of hydrogen-bond acceptors (Lipinski definition) is 4. The second kappa shape index (κ2) is 10.5. The van der Waals surface area contributed by atoms with Crippen LogP contribution in [0.3, 0.4) is 0 Å². The number of aromatic nitrogens is 1. The van der Waals surface area contributed by atoms with E-state index < -0.39 is 10.8 Å². The highest BCUT2D eigenvalue weighted by Crippen LogP contribution is 2.29. The van der Waals surface area contributed by atoms with Crippen LogP contribution >= 0.6 is 11.6 Å². The summed E-state index contributed by atoms with van der Waals surface area (Å²) in [4.78, 5) is 19.0. The van der Waals surface area contributed by atoms with Crippen LogP contribution in [0.5, 0.6) is 0 Å². The fourth-order valence-electron chi connectivity index (χ4n) is 2.82. The van der Waals surface area contributed by atoms with E-state index >= 15 is 0 Å². The van der Waals surface area contributed by atoms with Gasteiger partial charge in [0.15, 0.2) is 0 Å². The topological polar surface area (TPSA) is 62.3 Å². The Bertz CT molecular complexity index is 1020. The van der Waals surface area contributed by atoms with Gasteiger partial charge in [0.1, 0.15) is 0 Å². The summed E-state index contributed by atoms with van der Waals surface area (Å²) >= 11 is 6.30. The number of rotatable bonds is 8. The summed E-state index contributed by atoms with van der Waals surface area (Å²) < 4.78 is 12.1. The van der Waals surface area contributed by atoms with Crippen molar-refractivity contribution in [3.05, 3.63) is 83.0 Å². The third kappa shape index (κ3) is 6.23. The Hall–Kier alpha value is -2.54.